The van der Waals surface area contributed by atoms with Gasteiger partial charge in [0.05, 0.1) is 5.56 Å². The van der Waals surface area contributed by atoms with Gasteiger partial charge in [0, 0.05) is 0 Å². The molecule has 0 aromatic heterocycles. The van der Waals surface area contributed by atoms with Crippen molar-refractivity contribution in [3.05, 3.63) is 59.7 Å². The zero-order chi connectivity index (χ0) is 18.4. The molecule has 5 nitrogen and oxygen atoms in total. The molecule has 25 heavy (non-hydrogen) atoms. The van der Waals surface area contributed by atoms with Gasteiger partial charge in [0.15, 0.2) is 0 Å². The SMILES string of the molecule is CC(C)(C)c1ccc(OCC(O)COc2ccc(C(=O)O)cc2)cc1. The largest absolute Gasteiger partial charge is 0.491 e. The number of benzene rings is 2. The predicted molar refractivity (Wildman–Crippen MR) is 95.5 cm³/mol. The molecule has 0 saturated heterocycles. The van der Waals surface area contributed by atoms with Gasteiger partial charge in [-0.3, -0.25) is 0 Å². The van der Waals surface area contributed by atoms with Gasteiger partial charge in [-0.05, 0) is 47.4 Å². The van der Waals surface area contributed by atoms with Crippen LogP contribution in [0.2, 0.25) is 0 Å². The van der Waals surface area contributed by atoms with E-state index in [1.807, 2.05) is 24.3 Å². The Hall–Kier alpha value is -2.53. The van der Waals surface area contributed by atoms with E-state index in [-0.39, 0.29) is 24.2 Å². The number of aromatic carboxylic acids is 1. The first-order chi connectivity index (χ1) is 11.8. The first kappa shape index (κ1) is 18.8. The molecule has 0 aliphatic carbocycles. The third-order valence-electron chi connectivity index (χ3n) is 3.71. The van der Waals surface area contributed by atoms with Gasteiger partial charge in [0.1, 0.15) is 30.8 Å². The van der Waals surface area contributed by atoms with Crippen molar-refractivity contribution in [2.45, 2.75) is 32.3 Å². The topological polar surface area (TPSA) is 76.0 Å². The van der Waals surface area contributed by atoms with E-state index in [9.17, 15) is 9.90 Å². The van der Waals surface area contributed by atoms with Crippen LogP contribution in [0.5, 0.6) is 11.5 Å². The lowest BCUT2D eigenvalue weighted by molar-refractivity contribution is 0.0625. The Morgan fingerprint density at radius 2 is 1.36 bits per heavy atom. The van der Waals surface area contributed by atoms with Crippen molar-refractivity contribution in [2.75, 3.05) is 13.2 Å². The van der Waals surface area contributed by atoms with E-state index in [4.69, 9.17) is 14.6 Å². The monoisotopic (exact) mass is 344 g/mol. The van der Waals surface area contributed by atoms with Gasteiger partial charge in [-0.1, -0.05) is 32.9 Å². The lowest BCUT2D eigenvalue weighted by Crippen LogP contribution is -2.25. The van der Waals surface area contributed by atoms with Gasteiger partial charge in [-0.25, -0.2) is 4.79 Å². The summed E-state index contributed by atoms with van der Waals surface area (Å²) in [5.41, 5.74) is 1.49. The predicted octanol–water partition coefficient (Wildman–Crippen LogP) is 3.50. The first-order valence-electron chi connectivity index (χ1n) is 8.13. The Kier molecular flexibility index (Phi) is 6.04. The molecule has 0 spiro atoms. The molecule has 0 heterocycles. The van der Waals surface area contributed by atoms with Gasteiger partial charge in [-0.2, -0.15) is 0 Å². The van der Waals surface area contributed by atoms with E-state index in [2.05, 4.69) is 20.8 Å². The highest BCUT2D eigenvalue weighted by Crippen LogP contribution is 2.24. The van der Waals surface area contributed by atoms with E-state index in [0.29, 0.717) is 11.5 Å². The minimum absolute atomic E-state index is 0.0620. The summed E-state index contributed by atoms with van der Waals surface area (Å²) in [5.74, 6) is 0.203. The van der Waals surface area contributed by atoms with E-state index in [1.54, 1.807) is 12.1 Å². The molecule has 1 atom stereocenters. The maximum absolute atomic E-state index is 10.8. The summed E-state index contributed by atoms with van der Waals surface area (Å²) in [7, 11) is 0. The van der Waals surface area contributed by atoms with Crippen LogP contribution in [-0.2, 0) is 5.41 Å². The molecule has 2 aromatic rings. The maximum atomic E-state index is 10.8. The fourth-order valence-electron chi connectivity index (χ4n) is 2.18. The molecule has 0 aliphatic rings. The summed E-state index contributed by atoms with van der Waals surface area (Å²) in [6.45, 7) is 6.61. The maximum Gasteiger partial charge on any atom is 0.335 e. The summed E-state index contributed by atoms with van der Waals surface area (Å²) in [6, 6.07) is 13.8. The van der Waals surface area contributed by atoms with Gasteiger partial charge >= 0.3 is 5.97 Å². The second-order valence-corrected chi connectivity index (χ2v) is 6.88. The Bertz CT molecular complexity index is 684. The standard InChI is InChI=1S/C20H24O5/c1-20(2,3)15-6-10-18(11-7-15)25-13-16(21)12-24-17-8-4-14(5-9-17)19(22)23/h4-11,16,21H,12-13H2,1-3H3,(H,22,23). The Labute approximate surface area is 147 Å². The quantitative estimate of drug-likeness (QED) is 0.804. The Morgan fingerprint density at radius 3 is 1.76 bits per heavy atom. The van der Waals surface area contributed by atoms with Gasteiger partial charge in [-0.15, -0.1) is 0 Å². The number of hydrogen-bond acceptors (Lipinski definition) is 4. The zero-order valence-corrected chi connectivity index (χ0v) is 14.7. The number of hydrogen-bond donors (Lipinski definition) is 2. The van der Waals surface area contributed by atoms with Crippen molar-refractivity contribution >= 4 is 5.97 Å². The van der Waals surface area contributed by atoms with Crippen LogP contribution in [0.1, 0.15) is 36.7 Å². The summed E-state index contributed by atoms with van der Waals surface area (Å²) in [6.07, 6.45) is -0.790. The molecule has 0 fully saturated rings. The van der Waals surface area contributed by atoms with Crippen LogP contribution < -0.4 is 9.47 Å². The summed E-state index contributed by atoms with van der Waals surface area (Å²) in [5, 5.41) is 18.8. The number of ether oxygens (including phenoxy) is 2. The summed E-state index contributed by atoms with van der Waals surface area (Å²) < 4.78 is 11.0. The molecule has 134 valence electrons. The molecule has 0 aliphatic heterocycles. The molecule has 0 amide bonds. The van der Waals surface area contributed by atoms with Crippen molar-refractivity contribution in [2.24, 2.45) is 0 Å². The van der Waals surface area contributed by atoms with Crippen LogP contribution in [0.3, 0.4) is 0 Å². The van der Waals surface area contributed by atoms with Crippen molar-refractivity contribution in [3.63, 3.8) is 0 Å². The van der Waals surface area contributed by atoms with Crippen LogP contribution in [-0.4, -0.2) is 35.5 Å². The summed E-state index contributed by atoms with van der Waals surface area (Å²) in [4.78, 5) is 10.8. The fraction of sp³-hybridized carbons (Fsp3) is 0.350. The molecule has 2 aromatic carbocycles. The molecule has 0 bridgehead atoms. The van der Waals surface area contributed by atoms with Crippen LogP contribution in [0, 0.1) is 0 Å². The lowest BCUT2D eigenvalue weighted by Gasteiger charge is -2.19. The number of carbonyl (C=O) groups is 1. The molecule has 0 radical (unpaired) electrons. The number of carboxylic acids is 1. The van der Waals surface area contributed by atoms with Crippen molar-refractivity contribution in [1.29, 1.82) is 0 Å². The molecule has 2 rings (SSSR count). The van der Waals surface area contributed by atoms with E-state index < -0.39 is 12.1 Å². The minimum Gasteiger partial charge on any atom is -0.491 e. The molecular formula is C20H24O5. The first-order valence-corrected chi connectivity index (χ1v) is 8.13. The number of aliphatic hydroxyl groups is 1. The normalized spacial score (nSPS) is 12.5. The second kappa shape index (κ2) is 8.03. The summed E-state index contributed by atoms with van der Waals surface area (Å²) >= 11 is 0. The van der Waals surface area contributed by atoms with Crippen molar-refractivity contribution in [3.8, 4) is 11.5 Å². The number of aliphatic hydroxyl groups excluding tert-OH is 1. The van der Waals surface area contributed by atoms with Crippen LogP contribution >= 0.6 is 0 Å². The van der Waals surface area contributed by atoms with Crippen LogP contribution in [0.4, 0.5) is 0 Å². The fourth-order valence-corrected chi connectivity index (χ4v) is 2.18. The van der Waals surface area contributed by atoms with Gasteiger partial charge in [0.25, 0.3) is 0 Å². The van der Waals surface area contributed by atoms with Crippen molar-refractivity contribution in [1.82, 2.24) is 0 Å². The molecule has 5 heteroatoms. The average molecular weight is 344 g/mol. The molecular weight excluding hydrogens is 320 g/mol. The third kappa shape index (κ3) is 5.80. The molecule has 2 N–H and O–H groups in total. The molecule has 0 saturated carbocycles. The highest BCUT2D eigenvalue weighted by atomic mass is 16.5. The van der Waals surface area contributed by atoms with E-state index in [0.717, 1.165) is 0 Å². The second-order valence-electron chi connectivity index (χ2n) is 6.88. The number of rotatable bonds is 7. The zero-order valence-electron chi connectivity index (χ0n) is 14.7. The lowest BCUT2D eigenvalue weighted by atomic mass is 9.87. The Balaban J connectivity index is 1.78. The number of carboxylic acid groups (broad SMARTS) is 1. The highest BCUT2D eigenvalue weighted by molar-refractivity contribution is 5.87. The Morgan fingerprint density at radius 1 is 0.920 bits per heavy atom. The minimum atomic E-state index is -0.988. The smallest absolute Gasteiger partial charge is 0.335 e. The van der Waals surface area contributed by atoms with Gasteiger partial charge < -0.3 is 19.7 Å². The van der Waals surface area contributed by atoms with E-state index in [1.165, 1.54) is 17.7 Å². The van der Waals surface area contributed by atoms with E-state index >= 15 is 0 Å². The highest BCUT2D eigenvalue weighted by Gasteiger charge is 2.13. The third-order valence-corrected chi connectivity index (χ3v) is 3.71. The van der Waals surface area contributed by atoms with Crippen molar-refractivity contribution < 1.29 is 24.5 Å². The molecule has 1 unspecified atom stereocenters. The van der Waals surface area contributed by atoms with Gasteiger partial charge in [0.2, 0.25) is 0 Å². The average Bonchev–Trinajstić information content (AvgIpc) is 2.58. The van der Waals surface area contributed by atoms with Crippen LogP contribution in [0.25, 0.3) is 0 Å². The van der Waals surface area contributed by atoms with Crippen LogP contribution in [0.15, 0.2) is 48.5 Å².